The Morgan fingerprint density at radius 3 is 2.76 bits per heavy atom. The predicted octanol–water partition coefficient (Wildman–Crippen LogP) is 3.13. The van der Waals surface area contributed by atoms with E-state index in [1.807, 2.05) is 6.92 Å². The molecule has 0 fully saturated rings. The molecular formula is C12H12BrClN4O2S. The molecule has 0 aliphatic rings. The van der Waals surface area contributed by atoms with Crippen molar-refractivity contribution in [3.63, 3.8) is 0 Å². The van der Waals surface area contributed by atoms with Gasteiger partial charge in [-0.1, -0.05) is 11.6 Å². The van der Waals surface area contributed by atoms with E-state index in [0.717, 1.165) is 0 Å². The standard InChI is InChI=1S/C12H12BrClN4O2S/c1-2-16-12-10(14)5-8(6-17-12)21(19,20)18-11-3-4-15-7-9(11)13/h3-7H,2H2,1H3,(H,15,18)(H,16,17). The van der Waals surface area contributed by atoms with Crippen LogP contribution in [0.5, 0.6) is 0 Å². The van der Waals surface area contributed by atoms with Crippen molar-refractivity contribution in [2.75, 3.05) is 16.6 Å². The Hall–Kier alpha value is -1.38. The summed E-state index contributed by atoms with van der Waals surface area (Å²) < 4.78 is 27.6. The molecule has 9 heteroatoms. The monoisotopic (exact) mass is 390 g/mol. The van der Waals surface area contributed by atoms with E-state index in [1.54, 1.807) is 6.07 Å². The maximum atomic E-state index is 12.3. The highest BCUT2D eigenvalue weighted by molar-refractivity contribution is 9.10. The zero-order valence-corrected chi connectivity index (χ0v) is 14.1. The smallest absolute Gasteiger partial charge is 0.263 e. The molecule has 0 aromatic carbocycles. The van der Waals surface area contributed by atoms with Gasteiger partial charge in [-0.3, -0.25) is 9.71 Å². The van der Waals surface area contributed by atoms with E-state index in [0.29, 0.717) is 22.5 Å². The molecular weight excluding hydrogens is 380 g/mol. The summed E-state index contributed by atoms with van der Waals surface area (Å²) >= 11 is 9.24. The lowest BCUT2D eigenvalue weighted by atomic mass is 10.4. The Morgan fingerprint density at radius 1 is 1.38 bits per heavy atom. The fourth-order valence-corrected chi connectivity index (χ4v) is 3.35. The summed E-state index contributed by atoms with van der Waals surface area (Å²) in [7, 11) is -3.77. The van der Waals surface area contributed by atoms with Gasteiger partial charge in [-0.2, -0.15) is 0 Å². The first kappa shape index (κ1) is 16.0. The number of nitrogens with one attached hydrogen (secondary N) is 2. The molecule has 0 radical (unpaired) electrons. The van der Waals surface area contributed by atoms with Gasteiger partial charge in [-0.15, -0.1) is 0 Å². The van der Waals surface area contributed by atoms with Crippen LogP contribution in [0.1, 0.15) is 6.92 Å². The fraction of sp³-hybridized carbons (Fsp3) is 0.167. The Balaban J connectivity index is 2.32. The lowest BCUT2D eigenvalue weighted by Crippen LogP contribution is -2.14. The van der Waals surface area contributed by atoms with Gasteiger partial charge in [-0.05, 0) is 35.0 Å². The number of halogens is 2. The molecule has 2 rings (SSSR count). The summed E-state index contributed by atoms with van der Waals surface area (Å²) in [6, 6.07) is 2.90. The molecule has 2 heterocycles. The van der Waals surface area contributed by atoms with Gasteiger partial charge in [0.05, 0.1) is 15.2 Å². The van der Waals surface area contributed by atoms with Crippen LogP contribution in [-0.2, 0) is 10.0 Å². The minimum atomic E-state index is -3.77. The third-order valence-corrected chi connectivity index (χ3v) is 4.74. The molecule has 0 atom stereocenters. The van der Waals surface area contributed by atoms with E-state index in [1.165, 1.54) is 24.7 Å². The number of sulfonamides is 1. The van der Waals surface area contributed by atoms with Gasteiger partial charge in [0.25, 0.3) is 10.0 Å². The van der Waals surface area contributed by atoms with E-state index < -0.39 is 10.0 Å². The molecule has 0 amide bonds. The molecule has 0 bridgehead atoms. The van der Waals surface area contributed by atoms with Gasteiger partial charge in [0.1, 0.15) is 10.7 Å². The van der Waals surface area contributed by atoms with E-state index in [9.17, 15) is 8.42 Å². The van der Waals surface area contributed by atoms with E-state index in [-0.39, 0.29) is 9.92 Å². The van der Waals surface area contributed by atoms with Crippen molar-refractivity contribution >= 4 is 49.1 Å². The second-order valence-electron chi connectivity index (χ2n) is 3.99. The van der Waals surface area contributed by atoms with Crippen molar-refractivity contribution in [3.8, 4) is 0 Å². The molecule has 21 heavy (non-hydrogen) atoms. The summed E-state index contributed by atoms with van der Waals surface area (Å²) in [6.07, 6.45) is 4.24. The van der Waals surface area contributed by atoms with Crippen molar-refractivity contribution < 1.29 is 8.42 Å². The minimum Gasteiger partial charge on any atom is -0.369 e. The van der Waals surface area contributed by atoms with Crippen LogP contribution in [0.25, 0.3) is 0 Å². The van der Waals surface area contributed by atoms with Gasteiger partial charge in [-0.25, -0.2) is 13.4 Å². The second kappa shape index (κ2) is 6.59. The molecule has 2 aromatic rings. The van der Waals surface area contributed by atoms with Crippen LogP contribution in [0, 0.1) is 0 Å². The lowest BCUT2D eigenvalue weighted by molar-refractivity contribution is 0.601. The Morgan fingerprint density at radius 2 is 2.14 bits per heavy atom. The molecule has 0 unspecified atom stereocenters. The van der Waals surface area contributed by atoms with Crippen molar-refractivity contribution in [2.45, 2.75) is 11.8 Å². The van der Waals surface area contributed by atoms with Crippen LogP contribution in [0.3, 0.4) is 0 Å². The number of anilines is 2. The fourth-order valence-electron chi connectivity index (χ4n) is 1.53. The minimum absolute atomic E-state index is 0.0159. The van der Waals surface area contributed by atoms with Gasteiger partial charge >= 0.3 is 0 Å². The highest BCUT2D eigenvalue weighted by Gasteiger charge is 2.17. The molecule has 0 spiro atoms. The van der Waals surface area contributed by atoms with Gasteiger partial charge in [0, 0.05) is 25.1 Å². The largest absolute Gasteiger partial charge is 0.369 e. The van der Waals surface area contributed by atoms with E-state index >= 15 is 0 Å². The van der Waals surface area contributed by atoms with Gasteiger partial charge < -0.3 is 5.32 Å². The summed E-state index contributed by atoms with van der Waals surface area (Å²) in [5, 5.41) is 3.18. The van der Waals surface area contributed by atoms with Crippen LogP contribution in [0.15, 0.2) is 40.1 Å². The predicted molar refractivity (Wildman–Crippen MR) is 86.2 cm³/mol. The lowest BCUT2D eigenvalue weighted by Gasteiger charge is -2.11. The average Bonchev–Trinajstić information content (AvgIpc) is 2.43. The summed E-state index contributed by atoms with van der Waals surface area (Å²) in [6.45, 7) is 2.53. The number of rotatable bonds is 5. The Kier molecular flexibility index (Phi) is 5.02. The van der Waals surface area contributed by atoms with Crippen molar-refractivity contribution in [2.24, 2.45) is 0 Å². The highest BCUT2D eigenvalue weighted by atomic mass is 79.9. The molecule has 0 aliphatic heterocycles. The van der Waals surface area contributed by atoms with Gasteiger partial charge in [0.15, 0.2) is 0 Å². The number of hydrogen-bond donors (Lipinski definition) is 2. The maximum Gasteiger partial charge on any atom is 0.263 e. The molecule has 112 valence electrons. The van der Waals surface area contributed by atoms with Crippen LogP contribution >= 0.6 is 27.5 Å². The summed E-state index contributed by atoms with van der Waals surface area (Å²) in [5.74, 6) is 0.447. The molecule has 0 saturated carbocycles. The summed E-state index contributed by atoms with van der Waals surface area (Å²) in [4.78, 5) is 7.87. The van der Waals surface area contributed by atoms with Crippen molar-refractivity contribution in [1.29, 1.82) is 0 Å². The third kappa shape index (κ3) is 3.84. The molecule has 2 aromatic heterocycles. The normalized spacial score (nSPS) is 11.2. The van der Waals surface area contributed by atoms with E-state index in [4.69, 9.17) is 11.6 Å². The highest BCUT2D eigenvalue weighted by Crippen LogP contribution is 2.26. The van der Waals surface area contributed by atoms with Crippen molar-refractivity contribution in [1.82, 2.24) is 9.97 Å². The van der Waals surface area contributed by atoms with Crippen LogP contribution in [-0.4, -0.2) is 24.9 Å². The number of nitrogens with zero attached hydrogens (tertiary/aromatic N) is 2. The summed E-state index contributed by atoms with van der Waals surface area (Å²) in [5.41, 5.74) is 0.386. The molecule has 2 N–H and O–H groups in total. The van der Waals surface area contributed by atoms with Crippen LogP contribution < -0.4 is 10.0 Å². The number of pyridine rings is 2. The average molecular weight is 392 g/mol. The van der Waals surface area contributed by atoms with Crippen LogP contribution in [0.2, 0.25) is 5.02 Å². The Labute approximate surface area is 136 Å². The quantitative estimate of drug-likeness (QED) is 0.818. The second-order valence-corrected chi connectivity index (χ2v) is 6.94. The van der Waals surface area contributed by atoms with Gasteiger partial charge in [0.2, 0.25) is 0 Å². The number of aromatic nitrogens is 2. The third-order valence-electron chi connectivity index (χ3n) is 2.49. The van der Waals surface area contributed by atoms with E-state index in [2.05, 4.69) is 35.9 Å². The first-order valence-corrected chi connectivity index (χ1v) is 8.61. The topological polar surface area (TPSA) is 84.0 Å². The first-order chi connectivity index (χ1) is 9.94. The molecule has 6 nitrogen and oxygen atoms in total. The first-order valence-electron chi connectivity index (χ1n) is 5.96. The molecule has 0 saturated heterocycles. The maximum absolute atomic E-state index is 12.3. The van der Waals surface area contributed by atoms with Crippen molar-refractivity contribution in [3.05, 3.63) is 40.2 Å². The Bertz CT molecular complexity index is 755. The van der Waals surface area contributed by atoms with Crippen LogP contribution in [0.4, 0.5) is 11.5 Å². The SMILES string of the molecule is CCNc1ncc(S(=O)(=O)Nc2ccncc2Br)cc1Cl. The zero-order valence-electron chi connectivity index (χ0n) is 11.0. The zero-order chi connectivity index (χ0) is 15.5. The molecule has 0 aliphatic carbocycles. The number of hydrogen-bond acceptors (Lipinski definition) is 5.